The van der Waals surface area contributed by atoms with Gasteiger partial charge in [0.05, 0.1) is 0 Å². The molecule has 1 fully saturated rings. The Bertz CT molecular complexity index is 645. The van der Waals surface area contributed by atoms with Crippen molar-refractivity contribution in [1.29, 1.82) is 0 Å². The van der Waals surface area contributed by atoms with Gasteiger partial charge >= 0.3 is 0 Å². The van der Waals surface area contributed by atoms with Gasteiger partial charge in [0.15, 0.2) is 0 Å². The van der Waals surface area contributed by atoms with Gasteiger partial charge in [0, 0.05) is 38.6 Å². The molecule has 1 N–H and O–H groups in total. The number of aryl methyl sites for hydroxylation is 1. The summed E-state index contributed by atoms with van der Waals surface area (Å²) < 4.78 is 5.73. The largest absolute Gasteiger partial charge is 0.508 e. The van der Waals surface area contributed by atoms with Crippen LogP contribution in [0.1, 0.15) is 36.3 Å². The first-order valence-corrected chi connectivity index (χ1v) is 8.89. The predicted molar refractivity (Wildman–Crippen MR) is 96.3 cm³/mol. The maximum absolute atomic E-state index is 9.57. The average Bonchev–Trinajstić information content (AvgIpc) is 3.01. The van der Waals surface area contributed by atoms with Crippen LogP contribution in [0.4, 0.5) is 0 Å². The number of phenols is 1. The number of benzene rings is 1. The summed E-state index contributed by atoms with van der Waals surface area (Å²) in [5, 5.41) is 9.57. The van der Waals surface area contributed by atoms with Crippen LogP contribution in [0.5, 0.6) is 5.75 Å². The topological polar surface area (TPSA) is 39.9 Å². The number of aromatic hydroxyl groups is 1. The van der Waals surface area contributed by atoms with Crippen molar-refractivity contribution in [2.24, 2.45) is 0 Å². The number of piperazine rings is 1. The molecule has 4 nitrogen and oxygen atoms in total. The summed E-state index contributed by atoms with van der Waals surface area (Å²) in [7, 11) is 0. The highest BCUT2D eigenvalue weighted by Gasteiger charge is 2.18. The molecule has 4 heteroatoms. The van der Waals surface area contributed by atoms with Crippen molar-refractivity contribution >= 4 is 0 Å². The zero-order chi connectivity index (χ0) is 16.9. The highest BCUT2D eigenvalue weighted by atomic mass is 16.3. The molecule has 0 amide bonds. The molecule has 1 aliphatic heterocycles. The third-order valence-electron chi connectivity index (χ3n) is 4.91. The minimum Gasteiger partial charge on any atom is -0.508 e. The molecule has 24 heavy (non-hydrogen) atoms. The van der Waals surface area contributed by atoms with E-state index in [1.807, 2.05) is 25.1 Å². The lowest BCUT2D eigenvalue weighted by molar-refractivity contribution is 0.124. The summed E-state index contributed by atoms with van der Waals surface area (Å²) in [6.07, 6.45) is 1.14. The fourth-order valence-corrected chi connectivity index (χ4v) is 3.32. The third-order valence-corrected chi connectivity index (χ3v) is 4.91. The zero-order valence-electron chi connectivity index (χ0n) is 14.7. The maximum atomic E-state index is 9.57. The van der Waals surface area contributed by atoms with Crippen LogP contribution in [-0.2, 0) is 6.54 Å². The number of hydrogen-bond donors (Lipinski definition) is 1. The molecule has 2 aromatic rings. The number of rotatable bonds is 6. The number of furan rings is 1. The fraction of sp³-hybridized carbons (Fsp3) is 0.500. The van der Waals surface area contributed by atoms with Crippen molar-refractivity contribution in [3.8, 4) is 5.75 Å². The van der Waals surface area contributed by atoms with E-state index in [2.05, 4.69) is 28.9 Å². The predicted octanol–water partition coefficient (Wildman–Crippen LogP) is 3.61. The standard InChI is InChI=1S/C20H28N2O2/c1-16(20-7-6-17(2)24-20)8-9-21-10-12-22(13-11-21)15-18-4-3-5-19(23)14-18/h3-7,14,16,23H,8-13,15H2,1-2H3/t16-/m1/s1. The molecule has 0 aliphatic carbocycles. The van der Waals surface area contributed by atoms with Gasteiger partial charge in [-0.15, -0.1) is 0 Å². The Hall–Kier alpha value is -1.78. The van der Waals surface area contributed by atoms with Crippen LogP contribution in [0.25, 0.3) is 0 Å². The lowest BCUT2D eigenvalue weighted by atomic mass is 10.0. The molecular formula is C20H28N2O2. The molecule has 130 valence electrons. The summed E-state index contributed by atoms with van der Waals surface area (Å²) in [6.45, 7) is 10.7. The minimum atomic E-state index is 0.355. The van der Waals surface area contributed by atoms with Crippen molar-refractivity contribution < 1.29 is 9.52 Å². The molecule has 0 unspecified atom stereocenters. The Kier molecular flexibility index (Phi) is 5.59. The van der Waals surface area contributed by atoms with Gasteiger partial charge in [-0.1, -0.05) is 19.1 Å². The van der Waals surface area contributed by atoms with E-state index >= 15 is 0 Å². The van der Waals surface area contributed by atoms with E-state index < -0.39 is 0 Å². The summed E-state index contributed by atoms with van der Waals surface area (Å²) in [4.78, 5) is 5.01. The van der Waals surface area contributed by atoms with Crippen molar-refractivity contribution in [1.82, 2.24) is 9.80 Å². The summed E-state index contributed by atoms with van der Waals surface area (Å²) >= 11 is 0. The molecule has 1 aromatic carbocycles. The molecule has 1 aliphatic rings. The highest BCUT2D eigenvalue weighted by Crippen LogP contribution is 2.22. The molecule has 1 atom stereocenters. The molecule has 0 radical (unpaired) electrons. The first-order chi connectivity index (χ1) is 11.6. The molecule has 2 heterocycles. The summed E-state index contributed by atoms with van der Waals surface area (Å²) in [5.74, 6) is 2.93. The molecular weight excluding hydrogens is 300 g/mol. The molecule has 0 bridgehead atoms. The lowest BCUT2D eigenvalue weighted by Gasteiger charge is -2.35. The van der Waals surface area contributed by atoms with Gasteiger partial charge in [0.2, 0.25) is 0 Å². The van der Waals surface area contributed by atoms with Gasteiger partial charge in [-0.2, -0.15) is 0 Å². The Morgan fingerprint density at radius 1 is 1.08 bits per heavy atom. The van der Waals surface area contributed by atoms with Gasteiger partial charge < -0.3 is 14.4 Å². The monoisotopic (exact) mass is 328 g/mol. The summed E-state index contributed by atoms with van der Waals surface area (Å²) in [6, 6.07) is 11.7. The summed E-state index contributed by atoms with van der Waals surface area (Å²) in [5.41, 5.74) is 1.19. The third kappa shape index (κ3) is 4.62. The van der Waals surface area contributed by atoms with Gasteiger partial charge in [0.1, 0.15) is 17.3 Å². The highest BCUT2D eigenvalue weighted by molar-refractivity contribution is 5.27. The van der Waals surface area contributed by atoms with Gasteiger partial charge in [0.25, 0.3) is 0 Å². The SMILES string of the molecule is Cc1ccc([C@H](C)CCN2CCN(Cc3cccc(O)c3)CC2)o1. The van der Waals surface area contributed by atoms with Crippen LogP contribution in [0, 0.1) is 6.92 Å². The first kappa shape index (κ1) is 17.1. The van der Waals surface area contributed by atoms with E-state index in [1.165, 1.54) is 5.56 Å². The molecule has 3 rings (SSSR count). The number of phenolic OH excluding ortho intramolecular Hbond substituents is 1. The smallest absolute Gasteiger partial charge is 0.115 e. The van der Waals surface area contributed by atoms with Gasteiger partial charge in [-0.3, -0.25) is 4.90 Å². The van der Waals surface area contributed by atoms with Crippen LogP contribution in [0.2, 0.25) is 0 Å². The van der Waals surface area contributed by atoms with E-state index in [0.717, 1.165) is 57.2 Å². The molecule has 1 aromatic heterocycles. The van der Waals surface area contributed by atoms with Crippen LogP contribution in [-0.4, -0.2) is 47.6 Å². The van der Waals surface area contributed by atoms with Crippen LogP contribution in [0.3, 0.4) is 0 Å². The van der Waals surface area contributed by atoms with Crippen LogP contribution < -0.4 is 0 Å². The molecule has 1 saturated heterocycles. The molecule has 0 spiro atoms. The number of nitrogens with zero attached hydrogens (tertiary/aromatic N) is 2. The first-order valence-electron chi connectivity index (χ1n) is 8.89. The van der Waals surface area contributed by atoms with Crippen LogP contribution >= 0.6 is 0 Å². The fourth-order valence-electron chi connectivity index (χ4n) is 3.32. The van der Waals surface area contributed by atoms with E-state index in [0.29, 0.717) is 11.7 Å². The van der Waals surface area contributed by atoms with Crippen molar-refractivity contribution in [2.45, 2.75) is 32.7 Å². The Morgan fingerprint density at radius 2 is 1.83 bits per heavy atom. The average molecular weight is 328 g/mol. The Balaban J connectivity index is 1.40. The second-order valence-corrected chi connectivity index (χ2v) is 6.93. The second kappa shape index (κ2) is 7.86. The normalized spacial score (nSPS) is 17.9. The van der Waals surface area contributed by atoms with Crippen molar-refractivity contribution in [3.63, 3.8) is 0 Å². The zero-order valence-corrected chi connectivity index (χ0v) is 14.7. The van der Waals surface area contributed by atoms with Crippen molar-refractivity contribution in [2.75, 3.05) is 32.7 Å². The van der Waals surface area contributed by atoms with Gasteiger partial charge in [-0.05, 0) is 49.7 Å². The van der Waals surface area contributed by atoms with E-state index in [9.17, 15) is 5.11 Å². The van der Waals surface area contributed by atoms with Gasteiger partial charge in [-0.25, -0.2) is 0 Å². The molecule has 0 saturated carbocycles. The van der Waals surface area contributed by atoms with Crippen molar-refractivity contribution in [3.05, 3.63) is 53.5 Å². The maximum Gasteiger partial charge on any atom is 0.115 e. The Morgan fingerprint density at radius 3 is 2.50 bits per heavy atom. The quantitative estimate of drug-likeness (QED) is 0.879. The lowest BCUT2D eigenvalue weighted by Crippen LogP contribution is -2.46. The van der Waals surface area contributed by atoms with E-state index in [-0.39, 0.29) is 0 Å². The minimum absolute atomic E-state index is 0.355. The van der Waals surface area contributed by atoms with Crippen LogP contribution in [0.15, 0.2) is 40.8 Å². The Labute approximate surface area is 144 Å². The van der Waals surface area contributed by atoms with E-state index in [4.69, 9.17) is 4.42 Å². The second-order valence-electron chi connectivity index (χ2n) is 6.93. The number of hydrogen-bond acceptors (Lipinski definition) is 4. The van der Waals surface area contributed by atoms with E-state index in [1.54, 1.807) is 6.07 Å².